The zero-order valence-corrected chi connectivity index (χ0v) is 21.4. The number of fused-ring (bicyclic) bond motifs is 2. The lowest BCUT2D eigenvalue weighted by atomic mass is 9.83. The highest BCUT2D eigenvalue weighted by atomic mass is 32.2. The van der Waals surface area contributed by atoms with Gasteiger partial charge in [0, 0.05) is 49.8 Å². The van der Waals surface area contributed by atoms with Crippen LogP contribution in [0.5, 0.6) is 0 Å². The normalized spacial score (nSPS) is 34.3. The van der Waals surface area contributed by atoms with Gasteiger partial charge in [0.15, 0.2) is 0 Å². The van der Waals surface area contributed by atoms with Crippen molar-refractivity contribution in [1.29, 1.82) is 0 Å². The fourth-order valence-corrected chi connectivity index (χ4v) is 7.63. The van der Waals surface area contributed by atoms with E-state index in [0.717, 1.165) is 63.1 Å². The summed E-state index contributed by atoms with van der Waals surface area (Å²) in [5.41, 5.74) is 7.55. The molecule has 0 amide bonds. The molecule has 5 rings (SSSR count). The summed E-state index contributed by atoms with van der Waals surface area (Å²) in [6.45, 7) is 5.36. The molecule has 4 unspecified atom stereocenters. The van der Waals surface area contributed by atoms with Gasteiger partial charge in [-0.2, -0.15) is 9.29 Å². The van der Waals surface area contributed by atoms with E-state index in [1.54, 1.807) is 6.92 Å². The first-order chi connectivity index (χ1) is 16.3. The van der Waals surface area contributed by atoms with Crippen LogP contribution < -0.4 is 21.1 Å². The highest BCUT2D eigenvalue weighted by molar-refractivity contribution is 7.89. The molecule has 6 atom stereocenters. The summed E-state index contributed by atoms with van der Waals surface area (Å²) in [6.07, 6.45) is 6.66. The lowest BCUT2D eigenvalue weighted by molar-refractivity contribution is 0.109. The van der Waals surface area contributed by atoms with Crippen molar-refractivity contribution in [3.05, 3.63) is 11.8 Å². The van der Waals surface area contributed by atoms with E-state index in [-0.39, 0.29) is 36.0 Å². The molecule has 1 aromatic rings. The Morgan fingerprint density at radius 2 is 1.94 bits per heavy atom. The van der Waals surface area contributed by atoms with Crippen LogP contribution >= 0.6 is 0 Å². The summed E-state index contributed by atoms with van der Waals surface area (Å²) in [5.74, 6) is 1.98. The van der Waals surface area contributed by atoms with Crippen molar-refractivity contribution in [2.45, 2.75) is 95.0 Å². The Kier molecular flexibility index (Phi) is 7.00. The quantitative estimate of drug-likeness (QED) is 0.523. The smallest absolute Gasteiger partial charge is 0.227 e. The molecule has 11 heteroatoms. The fraction of sp³-hybridized carbons (Fsp3) is 0.826. The molecule has 0 radical (unpaired) electrons. The van der Waals surface area contributed by atoms with Crippen LogP contribution in [0.4, 0.5) is 11.8 Å². The highest BCUT2D eigenvalue weighted by Crippen LogP contribution is 2.39. The van der Waals surface area contributed by atoms with Gasteiger partial charge in [0.05, 0.1) is 24.2 Å². The number of aromatic nitrogens is 2. The third kappa shape index (κ3) is 4.90. The maximum absolute atomic E-state index is 12.8. The van der Waals surface area contributed by atoms with Crippen LogP contribution in [0.2, 0.25) is 0 Å². The molecule has 10 nitrogen and oxygen atoms in total. The molecule has 1 aromatic heterocycles. The zero-order valence-electron chi connectivity index (χ0n) is 20.5. The van der Waals surface area contributed by atoms with Crippen molar-refractivity contribution in [1.82, 2.24) is 25.1 Å². The van der Waals surface area contributed by atoms with Crippen LogP contribution in [0.15, 0.2) is 6.07 Å². The number of nitrogens with one attached hydrogen (secondary N) is 3. The molecule has 4 saturated heterocycles. The maximum atomic E-state index is 12.8. The summed E-state index contributed by atoms with van der Waals surface area (Å²) in [5, 5.41) is 3.53. The van der Waals surface area contributed by atoms with Gasteiger partial charge in [0.2, 0.25) is 16.0 Å². The number of hydrazine groups is 1. The number of anilines is 2. The molecule has 0 spiro atoms. The Bertz CT molecular complexity index is 957. The molecular formula is C23H39N7O3S. The SMILES string of the molecule is CCS(=O)(=O)N1[C@@H]2CCC[C@H]1CC(N(C)c1nc(NC3CC(C)NN3)cc(C3CCOC3)n1)C2. The number of ether oxygens (including phenoxy) is 1. The van der Waals surface area contributed by atoms with Crippen LogP contribution in [0.3, 0.4) is 0 Å². The van der Waals surface area contributed by atoms with Gasteiger partial charge < -0.3 is 15.0 Å². The molecule has 4 aliphatic heterocycles. The standard InChI is InChI=1S/C23H39N7O3S/c1-4-34(31,32)30-17-6-5-7-18(30)12-19(11-17)29(3)23-24-20(16-8-9-33-14-16)13-21(26-23)25-22-10-15(2)27-28-22/h13,15-19,22,27-28H,4-12,14H2,1-3H3,(H,24,25,26)/t15?,16?,17-,18+,19?,22?. The average molecular weight is 494 g/mol. The first-order valence-corrected chi connectivity index (χ1v) is 14.4. The van der Waals surface area contributed by atoms with Gasteiger partial charge in [-0.15, -0.1) is 0 Å². The molecule has 4 fully saturated rings. The van der Waals surface area contributed by atoms with Gasteiger partial charge in [-0.3, -0.25) is 5.43 Å². The second-order valence-electron chi connectivity index (χ2n) is 10.4. The molecule has 34 heavy (non-hydrogen) atoms. The van der Waals surface area contributed by atoms with Gasteiger partial charge >= 0.3 is 0 Å². The van der Waals surface area contributed by atoms with Crippen molar-refractivity contribution >= 4 is 21.8 Å². The van der Waals surface area contributed by atoms with E-state index in [1.165, 1.54) is 0 Å². The van der Waals surface area contributed by atoms with Gasteiger partial charge in [0.25, 0.3) is 0 Å². The molecule has 190 valence electrons. The molecule has 4 aliphatic rings. The molecule has 5 heterocycles. The number of nitrogens with zero attached hydrogens (tertiary/aromatic N) is 4. The molecular weight excluding hydrogens is 454 g/mol. The topological polar surface area (TPSA) is 112 Å². The van der Waals surface area contributed by atoms with Crippen LogP contribution in [-0.4, -0.2) is 79.0 Å². The monoisotopic (exact) mass is 493 g/mol. The minimum Gasteiger partial charge on any atom is -0.381 e. The van der Waals surface area contributed by atoms with E-state index in [4.69, 9.17) is 14.7 Å². The number of hydrogen-bond donors (Lipinski definition) is 3. The second kappa shape index (κ2) is 9.85. The number of rotatable bonds is 7. The molecule has 2 bridgehead atoms. The maximum Gasteiger partial charge on any atom is 0.227 e. The van der Waals surface area contributed by atoms with Crippen LogP contribution in [0, 0.1) is 0 Å². The minimum absolute atomic E-state index is 0.0733. The van der Waals surface area contributed by atoms with Crippen molar-refractivity contribution < 1.29 is 13.2 Å². The minimum atomic E-state index is -3.19. The average Bonchev–Trinajstić information content (AvgIpc) is 3.49. The highest BCUT2D eigenvalue weighted by Gasteiger charge is 2.45. The van der Waals surface area contributed by atoms with Crippen molar-refractivity contribution in [2.24, 2.45) is 0 Å². The summed E-state index contributed by atoms with van der Waals surface area (Å²) in [6, 6.07) is 2.82. The predicted octanol–water partition coefficient (Wildman–Crippen LogP) is 1.78. The Morgan fingerprint density at radius 3 is 2.56 bits per heavy atom. The lowest BCUT2D eigenvalue weighted by Gasteiger charge is -2.49. The molecule has 0 saturated carbocycles. The largest absolute Gasteiger partial charge is 0.381 e. The van der Waals surface area contributed by atoms with Gasteiger partial charge in [-0.1, -0.05) is 6.42 Å². The van der Waals surface area contributed by atoms with Gasteiger partial charge in [-0.05, 0) is 52.4 Å². The number of hydrogen-bond acceptors (Lipinski definition) is 9. The first kappa shape index (κ1) is 24.2. The van der Waals surface area contributed by atoms with Crippen molar-refractivity contribution in [2.75, 3.05) is 36.2 Å². The third-order valence-corrected chi connectivity index (χ3v) is 9.90. The van der Waals surface area contributed by atoms with Crippen LogP contribution in [-0.2, 0) is 14.8 Å². The van der Waals surface area contributed by atoms with E-state index in [1.807, 2.05) is 4.31 Å². The second-order valence-corrected chi connectivity index (χ2v) is 12.5. The van der Waals surface area contributed by atoms with E-state index in [0.29, 0.717) is 18.6 Å². The van der Waals surface area contributed by atoms with E-state index >= 15 is 0 Å². The summed E-state index contributed by atoms with van der Waals surface area (Å²) >= 11 is 0. The lowest BCUT2D eigenvalue weighted by Crippen LogP contribution is -2.58. The van der Waals surface area contributed by atoms with E-state index < -0.39 is 10.0 Å². The van der Waals surface area contributed by atoms with Gasteiger partial charge in [0.1, 0.15) is 5.82 Å². The van der Waals surface area contributed by atoms with E-state index in [2.05, 4.69) is 41.1 Å². The fourth-order valence-electron chi connectivity index (χ4n) is 6.04. The zero-order chi connectivity index (χ0) is 23.9. The Balaban J connectivity index is 1.38. The first-order valence-electron chi connectivity index (χ1n) is 12.8. The van der Waals surface area contributed by atoms with E-state index in [9.17, 15) is 8.42 Å². The van der Waals surface area contributed by atoms with Crippen LogP contribution in [0.25, 0.3) is 0 Å². The molecule has 3 N–H and O–H groups in total. The Hall–Kier alpha value is -1.53. The number of sulfonamides is 1. The third-order valence-electron chi connectivity index (χ3n) is 7.93. The molecule has 0 aliphatic carbocycles. The Labute approximate surface area is 203 Å². The van der Waals surface area contributed by atoms with Gasteiger partial charge in [-0.25, -0.2) is 18.8 Å². The Morgan fingerprint density at radius 1 is 1.18 bits per heavy atom. The van der Waals surface area contributed by atoms with Crippen LogP contribution in [0.1, 0.15) is 70.4 Å². The summed E-state index contributed by atoms with van der Waals surface area (Å²) < 4.78 is 33.1. The number of piperidine rings is 2. The summed E-state index contributed by atoms with van der Waals surface area (Å²) in [7, 11) is -1.12. The molecule has 0 aromatic carbocycles. The van der Waals surface area contributed by atoms with Crippen molar-refractivity contribution in [3.63, 3.8) is 0 Å². The van der Waals surface area contributed by atoms with Crippen molar-refractivity contribution in [3.8, 4) is 0 Å². The predicted molar refractivity (Wildman–Crippen MR) is 132 cm³/mol. The summed E-state index contributed by atoms with van der Waals surface area (Å²) in [4.78, 5) is 12.1.